The third-order valence-corrected chi connectivity index (χ3v) is 6.03. The first-order valence-electron chi connectivity index (χ1n) is 11.0. The Morgan fingerprint density at radius 2 is 1.90 bits per heavy atom. The summed E-state index contributed by atoms with van der Waals surface area (Å²) in [4.78, 5) is 37.0. The summed E-state index contributed by atoms with van der Waals surface area (Å²) in [6.45, 7) is 5.80. The number of piperidine rings is 1. The summed E-state index contributed by atoms with van der Waals surface area (Å²) >= 11 is 0. The minimum atomic E-state index is -0.141. The van der Waals surface area contributed by atoms with Crippen LogP contribution in [0, 0.1) is 5.92 Å². The van der Waals surface area contributed by atoms with Gasteiger partial charge in [-0.1, -0.05) is 37.3 Å². The number of carbonyl (C=O) groups is 1. The summed E-state index contributed by atoms with van der Waals surface area (Å²) in [5, 5.41) is 3.08. The molecule has 7 nitrogen and oxygen atoms in total. The molecule has 3 aromatic rings. The van der Waals surface area contributed by atoms with Crippen molar-refractivity contribution in [2.45, 2.75) is 45.7 Å². The van der Waals surface area contributed by atoms with Gasteiger partial charge in [-0.25, -0.2) is 9.97 Å². The molecular formula is C24H29N5O2. The van der Waals surface area contributed by atoms with E-state index >= 15 is 0 Å². The first kappa shape index (κ1) is 21.0. The van der Waals surface area contributed by atoms with Crippen molar-refractivity contribution in [3.8, 4) is 0 Å². The standard InChI is InChI=1S/C24H29N5O2/c1-3-17(2)26-23(30)19-11-14-28(15-12-19)22-24(31)29(16-18-8-5-4-6-9-18)21-20(27-22)10-7-13-25-21/h4-10,13,17,19H,3,11-12,14-16H2,1-2H3,(H,26,30). The van der Waals surface area contributed by atoms with Crippen molar-refractivity contribution in [3.63, 3.8) is 0 Å². The first-order valence-corrected chi connectivity index (χ1v) is 11.0. The van der Waals surface area contributed by atoms with E-state index in [2.05, 4.69) is 22.2 Å². The minimum absolute atomic E-state index is 0.0149. The van der Waals surface area contributed by atoms with Crippen LogP contribution in [-0.4, -0.2) is 39.6 Å². The van der Waals surface area contributed by atoms with Gasteiger partial charge < -0.3 is 10.2 Å². The smallest absolute Gasteiger partial charge is 0.295 e. The Labute approximate surface area is 182 Å². The number of rotatable bonds is 6. The SMILES string of the molecule is CCC(C)NC(=O)C1CCN(c2nc3cccnc3n(Cc3ccccc3)c2=O)CC1. The second-order valence-electron chi connectivity index (χ2n) is 8.24. The first-order chi connectivity index (χ1) is 15.1. The number of nitrogens with one attached hydrogen (secondary N) is 1. The van der Waals surface area contributed by atoms with Crippen LogP contribution < -0.4 is 15.8 Å². The molecule has 0 saturated carbocycles. The Morgan fingerprint density at radius 3 is 2.61 bits per heavy atom. The second kappa shape index (κ2) is 9.29. The van der Waals surface area contributed by atoms with E-state index in [0.717, 1.165) is 12.0 Å². The maximum atomic E-state index is 13.4. The van der Waals surface area contributed by atoms with Crippen LogP contribution in [0.5, 0.6) is 0 Å². The maximum Gasteiger partial charge on any atom is 0.295 e. The number of fused-ring (bicyclic) bond motifs is 1. The van der Waals surface area contributed by atoms with Crippen molar-refractivity contribution in [1.82, 2.24) is 19.9 Å². The average molecular weight is 420 g/mol. The fraction of sp³-hybridized carbons (Fsp3) is 0.417. The number of hydrogen-bond donors (Lipinski definition) is 1. The molecule has 7 heteroatoms. The van der Waals surface area contributed by atoms with Gasteiger partial charge in [0.25, 0.3) is 5.56 Å². The van der Waals surface area contributed by atoms with Gasteiger partial charge >= 0.3 is 0 Å². The molecule has 4 rings (SSSR count). The molecule has 0 bridgehead atoms. The van der Waals surface area contributed by atoms with Crippen LogP contribution in [0.25, 0.3) is 11.2 Å². The van der Waals surface area contributed by atoms with Crippen LogP contribution >= 0.6 is 0 Å². The van der Waals surface area contributed by atoms with Crippen LogP contribution in [0.1, 0.15) is 38.7 Å². The Bertz CT molecular complexity index is 1100. The molecule has 1 saturated heterocycles. The lowest BCUT2D eigenvalue weighted by atomic mass is 9.95. The van der Waals surface area contributed by atoms with Gasteiger partial charge in [0.05, 0.1) is 6.54 Å². The highest BCUT2D eigenvalue weighted by atomic mass is 16.2. The molecule has 1 fully saturated rings. The highest BCUT2D eigenvalue weighted by Crippen LogP contribution is 2.22. The molecule has 1 unspecified atom stereocenters. The molecule has 2 aromatic heterocycles. The molecule has 1 aliphatic rings. The van der Waals surface area contributed by atoms with E-state index < -0.39 is 0 Å². The highest BCUT2D eigenvalue weighted by Gasteiger charge is 2.28. The molecule has 3 heterocycles. The fourth-order valence-corrected chi connectivity index (χ4v) is 4.00. The fourth-order valence-electron chi connectivity index (χ4n) is 4.00. The predicted molar refractivity (Wildman–Crippen MR) is 122 cm³/mol. The summed E-state index contributed by atoms with van der Waals surface area (Å²) in [6.07, 6.45) is 4.03. The summed E-state index contributed by atoms with van der Waals surface area (Å²) in [5.41, 5.74) is 2.18. The van der Waals surface area contributed by atoms with Gasteiger partial charge in [-0.2, -0.15) is 0 Å². The molecule has 1 N–H and O–H groups in total. The van der Waals surface area contributed by atoms with Crippen molar-refractivity contribution >= 4 is 22.9 Å². The number of pyridine rings is 1. The predicted octanol–water partition coefficient (Wildman–Crippen LogP) is 2.97. The van der Waals surface area contributed by atoms with E-state index in [1.54, 1.807) is 10.8 Å². The van der Waals surface area contributed by atoms with Crippen LogP contribution in [-0.2, 0) is 11.3 Å². The van der Waals surface area contributed by atoms with Crippen molar-refractivity contribution in [3.05, 3.63) is 64.6 Å². The van der Waals surface area contributed by atoms with Gasteiger partial charge in [0.2, 0.25) is 5.91 Å². The van der Waals surface area contributed by atoms with E-state index in [1.807, 2.05) is 54.3 Å². The summed E-state index contributed by atoms with van der Waals surface area (Å²) in [5.74, 6) is 0.544. The van der Waals surface area contributed by atoms with E-state index in [1.165, 1.54) is 0 Å². The van der Waals surface area contributed by atoms with E-state index in [4.69, 9.17) is 0 Å². The maximum absolute atomic E-state index is 13.4. The molecule has 0 aliphatic carbocycles. The van der Waals surface area contributed by atoms with Gasteiger partial charge in [-0.3, -0.25) is 14.2 Å². The molecule has 1 aromatic carbocycles. The molecule has 0 radical (unpaired) electrons. The van der Waals surface area contributed by atoms with E-state index in [0.29, 0.717) is 49.5 Å². The molecule has 0 spiro atoms. The Balaban J connectivity index is 1.60. The highest BCUT2D eigenvalue weighted by molar-refractivity contribution is 5.79. The lowest BCUT2D eigenvalue weighted by molar-refractivity contribution is -0.126. The molecule has 162 valence electrons. The number of nitrogens with zero attached hydrogens (tertiary/aromatic N) is 4. The van der Waals surface area contributed by atoms with Gasteiger partial charge in [0.1, 0.15) is 5.52 Å². The van der Waals surface area contributed by atoms with Crippen molar-refractivity contribution in [2.24, 2.45) is 5.92 Å². The number of amides is 1. The lowest BCUT2D eigenvalue weighted by Crippen LogP contribution is -2.45. The van der Waals surface area contributed by atoms with E-state index in [-0.39, 0.29) is 23.4 Å². The Morgan fingerprint density at radius 1 is 1.16 bits per heavy atom. The number of anilines is 1. The van der Waals surface area contributed by atoms with Crippen LogP contribution in [0.4, 0.5) is 5.82 Å². The number of carbonyl (C=O) groups excluding carboxylic acids is 1. The normalized spacial score (nSPS) is 15.7. The summed E-state index contributed by atoms with van der Waals surface area (Å²) in [6, 6.07) is 13.8. The summed E-state index contributed by atoms with van der Waals surface area (Å²) in [7, 11) is 0. The van der Waals surface area contributed by atoms with Crippen LogP contribution in [0.2, 0.25) is 0 Å². The molecule has 31 heavy (non-hydrogen) atoms. The number of aromatic nitrogens is 3. The lowest BCUT2D eigenvalue weighted by Gasteiger charge is -2.32. The number of benzene rings is 1. The zero-order valence-corrected chi connectivity index (χ0v) is 18.1. The van der Waals surface area contributed by atoms with Crippen LogP contribution in [0.15, 0.2) is 53.5 Å². The molecule has 1 amide bonds. The monoisotopic (exact) mass is 419 g/mol. The zero-order valence-electron chi connectivity index (χ0n) is 18.1. The molecular weight excluding hydrogens is 390 g/mol. The van der Waals surface area contributed by atoms with E-state index in [9.17, 15) is 9.59 Å². The molecule has 1 atom stereocenters. The van der Waals surface area contributed by atoms with Gasteiger partial charge in [0, 0.05) is 31.2 Å². The van der Waals surface area contributed by atoms with Crippen molar-refractivity contribution in [2.75, 3.05) is 18.0 Å². The largest absolute Gasteiger partial charge is 0.353 e. The minimum Gasteiger partial charge on any atom is -0.353 e. The van der Waals surface area contributed by atoms with Crippen LogP contribution in [0.3, 0.4) is 0 Å². The quantitative estimate of drug-likeness (QED) is 0.664. The topological polar surface area (TPSA) is 80.1 Å². The molecule has 1 aliphatic heterocycles. The second-order valence-corrected chi connectivity index (χ2v) is 8.24. The Kier molecular flexibility index (Phi) is 6.30. The number of hydrogen-bond acceptors (Lipinski definition) is 5. The van der Waals surface area contributed by atoms with Gasteiger partial charge in [0.15, 0.2) is 11.5 Å². The van der Waals surface area contributed by atoms with Gasteiger partial charge in [-0.15, -0.1) is 0 Å². The van der Waals surface area contributed by atoms with Crippen molar-refractivity contribution in [1.29, 1.82) is 0 Å². The summed E-state index contributed by atoms with van der Waals surface area (Å²) < 4.78 is 1.70. The Hall–Kier alpha value is -3.22. The third kappa shape index (κ3) is 4.60. The average Bonchev–Trinajstić information content (AvgIpc) is 2.81. The van der Waals surface area contributed by atoms with Crippen molar-refractivity contribution < 1.29 is 4.79 Å². The zero-order chi connectivity index (χ0) is 21.8. The third-order valence-electron chi connectivity index (χ3n) is 6.03. The van der Waals surface area contributed by atoms with Gasteiger partial charge in [-0.05, 0) is 43.9 Å².